The van der Waals surface area contributed by atoms with Gasteiger partial charge in [-0.05, 0) is 66.6 Å². The summed E-state index contributed by atoms with van der Waals surface area (Å²) in [5.41, 5.74) is 4.30. The lowest BCUT2D eigenvalue weighted by Crippen LogP contribution is -2.32. The highest BCUT2D eigenvalue weighted by Crippen LogP contribution is 2.32. The van der Waals surface area contributed by atoms with Gasteiger partial charge in [0, 0.05) is 14.1 Å². The molecule has 2 amide bonds. The Morgan fingerprint density at radius 1 is 0.968 bits per heavy atom. The Morgan fingerprint density at radius 3 is 2.48 bits per heavy atom. The third kappa shape index (κ3) is 3.90. The normalized spacial score (nSPS) is 15.5. The summed E-state index contributed by atoms with van der Waals surface area (Å²) < 4.78 is 8.93. The van der Waals surface area contributed by atoms with Gasteiger partial charge in [-0.25, -0.2) is 4.79 Å². The van der Waals surface area contributed by atoms with Gasteiger partial charge >= 0.3 is 5.69 Å². The SMILES string of the molecule is Cc1ccc(C)c(OCCN2C(=O)S/C(=C\c3ccc4c(c3)n(C)c(=O)n4C)C2=O)c1. The highest BCUT2D eigenvalue weighted by Gasteiger charge is 2.34. The van der Waals surface area contributed by atoms with Gasteiger partial charge in [-0.3, -0.25) is 23.6 Å². The molecule has 0 bridgehead atoms. The summed E-state index contributed by atoms with van der Waals surface area (Å²) in [5.74, 6) is 0.422. The van der Waals surface area contributed by atoms with Crippen LogP contribution >= 0.6 is 11.8 Å². The Balaban J connectivity index is 1.49. The Kier molecular flexibility index (Phi) is 5.49. The van der Waals surface area contributed by atoms with Gasteiger partial charge in [0.2, 0.25) is 0 Å². The molecule has 0 atom stereocenters. The van der Waals surface area contributed by atoms with Crippen molar-refractivity contribution >= 4 is 40.0 Å². The van der Waals surface area contributed by atoms with Crippen LogP contribution in [0, 0.1) is 13.8 Å². The number of amides is 2. The molecule has 8 heteroatoms. The minimum absolute atomic E-state index is 0.115. The Morgan fingerprint density at radius 2 is 1.71 bits per heavy atom. The standard InChI is InChI=1S/C23H23N3O4S/c1-14-5-6-15(2)19(11-14)30-10-9-26-21(27)20(31-23(26)29)13-16-7-8-17-18(12-16)25(4)22(28)24(17)3/h5-8,11-13H,9-10H2,1-4H3/b20-13-. The number of hydrogen-bond donors (Lipinski definition) is 0. The van der Waals surface area contributed by atoms with E-state index in [0.717, 1.165) is 45.2 Å². The Labute approximate surface area is 183 Å². The molecule has 0 radical (unpaired) electrons. The zero-order valence-corrected chi connectivity index (χ0v) is 18.7. The number of imidazole rings is 1. The molecular weight excluding hydrogens is 414 g/mol. The zero-order chi connectivity index (χ0) is 22.3. The van der Waals surface area contributed by atoms with Gasteiger partial charge in [0.05, 0.1) is 22.5 Å². The summed E-state index contributed by atoms with van der Waals surface area (Å²) in [6.45, 7) is 4.35. The summed E-state index contributed by atoms with van der Waals surface area (Å²) in [4.78, 5) is 38.8. The van der Waals surface area contributed by atoms with Gasteiger partial charge in [-0.2, -0.15) is 0 Å². The van der Waals surface area contributed by atoms with Crippen molar-refractivity contribution in [1.82, 2.24) is 14.0 Å². The lowest BCUT2D eigenvalue weighted by atomic mass is 10.1. The van der Waals surface area contributed by atoms with Gasteiger partial charge in [0.1, 0.15) is 12.4 Å². The van der Waals surface area contributed by atoms with Crippen molar-refractivity contribution in [3.05, 3.63) is 68.5 Å². The number of ether oxygens (including phenoxy) is 1. The number of carbonyl (C=O) groups is 2. The number of carbonyl (C=O) groups excluding carboxylic acids is 2. The molecule has 1 aromatic heterocycles. The number of nitrogens with zero attached hydrogens (tertiary/aromatic N) is 3. The van der Waals surface area contributed by atoms with E-state index in [2.05, 4.69) is 0 Å². The van der Waals surface area contributed by atoms with E-state index in [4.69, 9.17) is 4.74 Å². The van der Waals surface area contributed by atoms with Crippen LogP contribution in [0.3, 0.4) is 0 Å². The van der Waals surface area contributed by atoms with Crippen LogP contribution in [0.25, 0.3) is 17.1 Å². The molecule has 2 heterocycles. The predicted octanol–water partition coefficient (Wildman–Crippen LogP) is 3.61. The van der Waals surface area contributed by atoms with Crippen molar-refractivity contribution in [3.63, 3.8) is 0 Å². The maximum atomic E-state index is 12.8. The number of thioether (sulfide) groups is 1. The molecule has 160 valence electrons. The lowest BCUT2D eigenvalue weighted by Gasteiger charge is -2.14. The van der Waals surface area contributed by atoms with Crippen molar-refractivity contribution in [2.24, 2.45) is 14.1 Å². The molecule has 4 rings (SSSR count). The summed E-state index contributed by atoms with van der Waals surface area (Å²) >= 11 is 0.916. The number of benzene rings is 2. The maximum absolute atomic E-state index is 12.8. The highest BCUT2D eigenvalue weighted by atomic mass is 32.2. The molecule has 7 nitrogen and oxygen atoms in total. The topological polar surface area (TPSA) is 73.5 Å². The monoisotopic (exact) mass is 437 g/mol. The number of aryl methyl sites for hydroxylation is 4. The van der Waals surface area contributed by atoms with Gasteiger partial charge in [0.15, 0.2) is 0 Å². The summed E-state index contributed by atoms with van der Waals surface area (Å²) in [7, 11) is 3.42. The van der Waals surface area contributed by atoms with Crippen LogP contribution in [0.4, 0.5) is 4.79 Å². The molecule has 0 N–H and O–H groups in total. The first-order chi connectivity index (χ1) is 14.8. The highest BCUT2D eigenvalue weighted by molar-refractivity contribution is 8.18. The fourth-order valence-corrected chi connectivity index (χ4v) is 4.43. The molecule has 0 unspecified atom stereocenters. The van der Waals surface area contributed by atoms with Gasteiger partial charge < -0.3 is 4.74 Å². The van der Waals surface area contributed by atoms with Crippen LogP contribution in [0.15, 0.2) is 46.1 Å². The molecule has 0 aliphatic carbocycles. The second kappa shape index (κ2) is 8.11. The zero-order valence-electron chi connectivity index (χ0n) is 17.8. The quantitative estimate of drug-likeness (QED) is 0.570. The average molecular weight is 438 g/mol. The molecule has 2 aromatic carbocycles. The second-order valence-corrected chi connectivity index (χ2v) is 8.59. The minimum Gasteiger partial charge on any atom is -0.491 e. The van der Waals surface area contributed by atoms with E-state index in [0.29, 0.717) is 4.91 Å². The Hall–Kier alpha value is -3.26. The van der Waals surface area contributed by atoms with E-state index in [1.165, 1.54) is 4.90 Å². The fraction of sp³-hybridized carbons (Fsp3) is 0.261. The fourth-order valence-electron chi connectivity index (χ4n) is 3.57. The maximum Gasteiger partial charge on any atom is 0.328 e. The first-order valence-corrected chi connectivity index (χ1v) is 10.7. The predicted molar refractivity (Wildman–Crippen MR) is 122 cm³/mol. The van der Waals surface area contributed by atoms with E-state index in [9.17, 15) is 14.4 Å². The molecule has 1 aliphatic rings. The lowest BCUT2D eigenvalue weighted by molar-refractivity contribution is -0.123. The van der Waals surface area contributed by atoms with Crippen LogP contribution in [-0.2, 0) is 18.9 Å². The first kappa shape index (κ1) is 21.0. The van der Waals surface area contributed by atoms with E-state index in [1.54, 1.807) is 29.3 Å². The van der Waals surface area contributed by atoms with Crippen molar-refractivity contribution in [2.75, 3.05) is 13.2 Å². The molecule has 0 spiro atoms. The molecule has 3 aromatic rings. The number of hydrogen-bond acceptors (Lipinski definition) is 5. The van der Waals surface area contributed by atoms with Crippen LogP contribution in [0.1, 0.15) is 16.7 Å². The van der Waals surface area contributed by atoms with Crippen LogP contribution < -0.4 is 10.4 Å². The summed E-state index contributed by atoms with van der Waals surface area (Å²) in [6, 6.07) is 11.4. The van der Waals surface area contributed by atoms with Crippen molar-refractivity contribution in [3.8, 4) is 5.75 Å². The van der Waals surface area contributed by atoms with Crippen LogP contribution in [-0.4, -0.2) is 38.3 Å². The Bertz CT molecular complexity index is 1300. The van der Waals surface area contributed by atoms with Gasteiger partial charge in [0.25, 0.3) is 11.1 Å². The molecule has 1 fully saturated rings. The number of rotatable bonds is 5. The molecular formula is C23H23N3O4S. The van der Waals surface area contributed by atoms with Crippen molar-refractivity contribution in [2.45, 2.75) is 13.8 Å². The molecule has 1 aliphatic heterocycles. The smallest absolute Gasteiger partial charge is 0.328 e. The minimum atomic E-state index is -0.332. The van der Waals surface area contributed by atoms with E-state index >= 15 is 0 Å². The third-order valence-corrected chi connectivity index (χ3v) is 6.29. The summed E-state index contributed by atoms with van der Waals surface area (Å²) in [5, 5.41) is -0.311. The van der Waals surface area contributed by atoms with E-state index in [1.807, 2.05) is 50.2 Å². The largest absolute Gasteiger partial charge is 0.491 e. The third-order valence-electron chi connectivity index (χ3n) is 5.38. The molecule has 31 heavy (non-hydrogen) atoms. The van der Waals surface area contributed by atoms with E-state index < -0.39 is 0 Å². The van der Waals surface area contributed by atoms with Gasteiger partial charge in [-0.15, -0.1) is 0 Å². The number of imide groups is 1. The molecule has 0 saturated carbocycles. The summed E-state index contributed by atoms with van der Waals surface area (Å²) in [6.07, 6.45) is 1.69. The van der Waals surface area contributed by atoms with Gasteiger partial charge in [-0.1, -0.05) is 18.2 Å². The number of aromatic nitrogens is 2. The average Bonchev–Trinajstić information content (AvgIpc) is 3.12. The van der Waals surface area contributed by atoms with Crippen LogP contribution in [0.5, 0.6) is 5.75 Å². The van der Waals surface area contributed by atoms with Crippen LogP contribution in [0.2, 0.25) is 0 Å². The first-order valence-electron chi connectivity index (χ1n) is 9.87. The number of fused-ring (bicyclic) bond motifs is 1. The van der Waals surface area contributed by atoms with E-state index in [-0.39, 0.29) is 30.0 Å². The molecule has 1 saturated heterocycles. The second-order valence-electron chi connectivity index (χ2n) is 7.60. The van der Waals surface area contributed by atoms with Crippen molar-refractivity contribution in [1.29, 1.82) is 0 Å². The van der Waals surface area contributed by atoms with Crippen molar-refractivity contribution < 1.29 is 14.3 Å².